The lowest BCUT2D eigenvalue weighted by Crippen LogP contribution is -2.35. The van der Waals surface area contributed by atoms with E-state index in [0.29, 0.717) is 11.5 Å². The number of ether oxygens (including phenoxy) is 2. The Morgan fingerprint density at radius 3 is 2.61 bits per heavy atom. The first-order valence-electron chi connectivity index (χ1n) is 9.04. The smallest absolute Gasteiger partial charge is 0.250 e. The molecule has 3 aromatic rings. The first kappa shape index (κ1) is 18.0. The summed E-state index contributed by atoms with van der Waals surface area (Å²) in [6.45, 7) is 0. The Hall–Kier alpha value is -3.42. The highest BCUT2D eigenvalue weighted by Gasteiger charge is 2.30. The highest BCUT2D eigenvalue weighted by atomic mass is 16.5. The van der Waals surface area contributed by atoms with E-state index in [4.69, 9.17) is 9.47 Å². The topological polar surface area (TPSA) is 91.2 Å². The summed E-state index contributed by atoms with van der Waals surface area (Å²) in [6, 6.07) is 12.7. The average Bonchev–Trinajstić information content (AvgIpc) is 3.38. The summed E-state index contributed by atoms with van der Waals surface area (Å²) < 4.78 is 12.3. The zero-order chi connectivity index (χ0) is 19.5. The van der Waals surface area contributed by atoms with Gasteiger partial charge in [-0.3, -0.25) is 4.79 Å². The molecule has 4 rings (SSSR count). The maximum Gasteiger partial charge on any atom is 0.250 e. The first-order chi connectivity index (χ1) is 13.7. The number of tetrazole rings is 1. The standard InChI is InChI=1S/C20H21N5O3/c1-27-17-10-14-8-9-16(15(14)11-18(17)28-2)22-20(26)19(25-12-21-23-24-25)13-6-4-3-5-7-13/h3-7,10-12,16,19H,8-9H2,1-2H3,(H,22,26)/t16-,19+/m1/s1. The molecule has 0 aliphatic heterocycles. The lowest BCUT2D eigenvalue weighted by molar-refractivity contribution is -0.124. The first-order valence-corrected chi connectivity index (χ1v) is 9.04. The SMILES string of the molecule is COc1cc2c(cc1OC)[C@H](NC(=O)[C@H](c1ccccc1)n1cnnn1)CC2. The van der Waals surface area contributed by atoms with Crippen molar-refractivity contribution in [3.05, 3.63) is 65.5 Å². The lowest BCUT2D eigenvalue weighted by atomic mass is 10.0. The monoisotopic (exact) mass is 379 g/mol. The van der Waals surface area contributed by atoms with E-state index >= 15 is 0 Å². The average molecular weight is 379 g/mol. The van der Waals surface area contributed by atoms with Gasteiger partial charge in [0.2, 0.25) is 5.91 Å². The zero-order valence-corrected chi connectivity index (χ0v) is 15.7. The number of methoxy groups -OCH3 is 2. The van der Waals surface area contributed by atoms with Crippen LogP contribution in [0.5, 0.6) is 11.5 Å². The molecular formula is C20H21N5O3. The lowest BCUT2D eigenvalue weighted by Gasteiger charge is -2.21. The van der Waals surface area contributed by atoms with Crippen molar-refractivity contribution < 1.29 is 14.3 Å². The second-order valence-corrected chi connectivity index (χ2v) is 6.61. The summed E-state index contributed by atoms with van der Waals surface area (Å²) in [5.41, 5.74) is 3.02. The van der Waals surface area contributed by atoms with Gasteiger partial charge < -0.3 is 14.8 Å². The van der Waals surface area contributed by atoms with Gasteiger partial charge in [0.1, 0.15) is 6.33 Å². The Balaban J connectivity index is 1.62. The Morgan fingerprint density at radius 1 is 1.18 bits per heavy atom. The summed E-state index contributed by atoms with van der Waals surface area (Å²) in [7, 11) is 3.23. The predicted molar refractivity (Wildman–Crippen MR) is 101 cm³/mol. The third-order valence-corrected chi connectivity index (χ3v) is 5.03. The molecule has 28 heavy (non-hydrogen) atoms. The quantitative estimate of drug-likeness (QED) is 0.705. The maximum atomic E-state index is 13.2. The van der Waals surface area contributed by atoms with Crippen molar-refractivity contribution >= 4 is 5.91 Å². The predicted octanol–water partition coefficient (Wildman–Crippen LogP) is 2.08. The van der Waals surface area contributed by atoms with E-state index < -0.39 is 6.04 Å². The molecule has 2 atom stereocenters. The van der Waals surface area contributed by atoms with Crippen molar-refractivity contribution in [1.29, 1.82) is 0 Å². The van der Waals surface area contributed by atoms with Crippen LogP contribution in [-0.4, -0.2) is 40.3 Å². The van der Waals surface area contributed by atoms with Gasteiger partial charge in [-0.05, 0) is 52.1 Å². The fourth-order valence-electron chi connectivity index (χ4n) is 3.68. The van der Waals surface area contributed by atoms with Gasteiger partial charge >= 0.3 is 0 Å². The van der Waals surface area contributed by atoms with Crippen LogP contribution < -0.4 is 14.8 Å². The van der Waals surface area contributed by atoms with Gasteiger partial charge in [-0.2, -0.15) is 0 Å². The fourth-order valence-corrected chi connectivity index (χ4v) is 3.68. The highest BCUT2D eigenvalue weighted by Crippen LogP contribution is 2.39. The van der Waals surface area contributed by atoms with Gasteiger partial charge in [0.25, 0.3) is 0 Å². The molecule has 0 unspecified atom stereocenters. The molecule has 0 radical (unpaired) electrons. The molecule has 0 fully saturated rings. The Labute approximate surface area is 162 Å². The van der Waals surface area contributed by atoms with Crippen LogP contribution in [0, 0.1) is 0 Å². The van der Waals surface area contributed by atoms with E-state index in [9.17, 15) is 4.79 Å². The Bertz CT molecular complexity index is 959. The van der Waals surface area contributed by atoms with Crippen LogP contribution in [0.1, 0.15) is 35.2 Å². The summed E-state index contributed by atoms with van der Waals surface area (Å²) in [4.78, 5) is 13.2. The van der Waals surface area contributed by atoms with Gasteiger partial charge in [0.05, 0.1) is 20.3 Å². The number of amides is 1. The van der Waals surface area contributed by atoms with Gasteiger partial charge in [-0.1, -0.05) is 30.3 Å². The molecule has 0 bridgehead atoms. The number of hydrogen-bond acceptors (Lipinski definition) is 6. The van der Waals surface area contributed by atoms with Crippen LogP contribution >= 0.6 is 0 Å². The van der Waals surface area contributed by atoms with E-state index in [1.54, 1.807) is 14.2 Å². The number of aromatic nitrogens is 4. The van der Waals surface area contributed by atoms with Crippen molar-refractivity contribution in [2.75, 3.05) is 14.2 Å². The molecular weight excluding hydrogens is 358 g/mol. The Kier molecular flexibility index (Phi) is 4.92. The summed E-state index contributed by atoms with van der Waals surface area (Å²) in [6.07, 6.45) is 3.13. The number of benzene rings is 2. The van der Waals surface area contributed by atoms with Crippen LogP contribution in [0.2, 0.25) is 0 Å². The molecule has 2 aromatic carbocycles. The van der Waals surface area contributed by atoms with E-state index in [1.165, 1.54) is 11.0 Å². The zero-order valence-electron chi connectivity index (χ0n) is 15.7. The number of hydrogen-bond donors (Lipinski definition) is 1. The minimum atomic E-state index is -0.639. The molecule has 1 aromatic heterocycles. The van der Waals surface area contributed by atoms with Crippen LogP contribution in [0.3, 0.4) is 0 Å². The summed E-state index contributed by atoms with van der Waals surface area (Å²) >= 11 is 0. The van der Waals surface area contributed by atoms with E-state index in [-0.39, 0.29) is 11.9 Å². The third-order valence-electron chi connectivity index (χ3n) is 5.03. The van der Waals surface area contributed by atoms with Gasteiger partial charge in [0.15, 0.2) is 17.5 Å². The molecule has 144 valence electrons. The van der Waals surface area contributed by atoms with Crippen molar-refractivity contribution in [3.8, 4) is 11.5 Å². The number of rotatable bonds is 6. The van der Waals surface area contributed by atoms with Gasteiger partial charge in [-0.15, -0.1) is 5.10 Å². The van der Waals surface area contributed by atoms with Crippen molar-refractivity contribution in [2.45, 2.75) is 24.9 Å². The van der Waals surface area contributed by atoms with E-state index in [0.717, 1.165) is 29.5 Å². The number of fused-ring (bicyclic) bond motifs is 1. The molecule has 0 saturated heterocycles. The van der Waals surface area contributed by atoms with E-state index in [2.05, 4.69) is 20.8 Å². The van der Waals surface area contributed by atoms with Gasteiger partial charge in [-0.25, -0.2) is 4.68 Å². The number of aryl methyl sites for hydroxylation is 1. The maximum absolute atomic E-state index is 13.2. The number of carbonyl (C=O) groups excluding carboxylic acids is 1. The highest BCUT2D eigenvalue weighted by molar-refractivity contribution is 5.84. The molecule has 1 N–H and O–H groups in total. The van der Waals surface area contributed by atoms with Crippen LogP contribution in [-0.2, 0) is 11.2 Å². The molecule has 8 nitrogen and oxygen atoms in total. The largest absolute Gasteiger partial charge is 0.493 e. The van der Waals surface area contributed by atoms with Crippen molar-refractivity contribution in [2.24, 2.45) is 0 Å². The summed E-state index contributed by atoms with van der Waals surface area (Å²) in [5, 5.41) is 14.5. The molecule has 0 spiro atoms. The van der Waals surface area contributed by atoms with Crippen molar-refractivity contribution in [1.82, 2.24) is 25.5 Å². The minimum Gasteiger partial charge on any atom is -0.493 e. The molecule has 1 aliphatic carbocycles. The normalized spacial score (nSPS) is 16.3. The molecule has 1 heterocycles. The van der Waals surface area contributed by atoms with Gasteiger partial charge in [0, 0.05) is 0 Å². The van der Waals surface area contributed by atoms with Crippen LogP contribution in [0.15, 0.2) is 48.8 Å². The number of nitrogens with zero attached hydrogens (tertiary/aromatic N) is 4. The number of nitrogens with one attached hydrogen (secondary N) is 1. The van der Waals surface area contributed by atoms with Crippen LogP contribution in [0.25, 0.3) is 0 Å². The molecule has 1 aliphatic rings. The molecule has 8 heteroatoms. The molecule has 1 amide bonds. The summed E-state index contributed by atoms with van der Waals surface area (Å²) in [5.74, 6) is 1.19. The second-order valence-electron chi connectivity index (χ2n) is 6.61. The van der Waals surface area contributed by atoms with Crippen LogP contribution in [0.4, 0.5) is 0 Å². The minimum absolute atomic E-state index is 0.106. The Morgan fingerprint density at radius 2 is 1.93 bits per heavy atom. The fraction of sp³-hybridized carbons (Fsp3) is 0.300. The third kappa shape index (κ3) is 3.28. The molecule has 0 saturated carbocycles. The number of carbonyl (C=O) groups is 1. The van der Waals surface area contributed by atoms with Crippen molar-refractivity contribution in [3.63, 3.8) is 0 Å². The van der Waals surface area contributed by atoms with E-state index in [1.807, 2.05) is 42.5 Å². The second kappa shape index (κ2) is 7.67.